The Hall–Kier alpha value is -2.22. The van der Waals surface area contributed by atoms with Crippen LogP contribution in [-0.4, -0.2) is 6.88 Å². The summed E-state index contributed by atoms with van der Waals surface area (Å²) in [5.74, 6) is 1.80. The number of halogens is 2. The summed E-state index contributed by atoms with van der Waals surface area (Å²) in [7, 11) is 0. The molecule has 0 unspecified atom stereocenters. The summed E-state index contributed by atoms with van der Waals surface area (Å²) in [6.07, 6.45) is 16.8. The Bertz CT molecular complexity index is 1920. The average Bonchev–Trinajstić information content (AvgIpc) is 3.79. The predicted octanol–water partition coefficient (Wildman–Crippen LogP) is 16.7. The van der Waals surface area contributed by atoms with Crippen molar-refractivity contribution in [3.05, 3.63) is 146 Å². The van der Waals surface area contributed by atoms with Gasteiger partial charge in [-0.1, -0.05) is 178 Å². The Labute approximate surface area is 383 Å². The second-order valence-corrected chi connectivity index (χ2v) is 18.4. The second kappa shape index (κ2) is 23.7. The Kier molecular flexibility index (Phi) is 21.2. The van der Waals surface area contributed by atoms with Crippen molar-refractivity contribution in [3.63, 3.8) is 0 Å². The third-order valence-corrected chi connectivity index (χ3v) is 12.2. The normalized spacial score (nSPS) is 14.6. The molecule has 0 amide bonds. The predicted molar refractivity (Wildman–Crippen MR) is 261 cm³/mol. The molecule has 0 atom stereocenters. The van der Waals surface area contributed by atoms with Crippen molar-refractivity contribution in [1.29, 1.82) is 0 Å². The Morgan fingerprint density at radius 3 is 1.14 bits per heavy atom. The van der Waals surface area contributed by atoms with Gasteiger partial charge in [-0.25, -0.2) is 0 Å². The molecule has 0 heterocycles. The zero-order chi connectivity index (χ0) is 38.3. The van der Waals surface area contributed by atoms with E-state index < -0.39 is 0 Å². The molecule has 0 spiro atoms. The van der Waals surface area contributed by atoms with Gasteiger partial charge >= 0.3 is 30.2 Å². The second-order valence-electron chi connectivity index (χ2n) is 18.4. The first-order valence-corrected chi connectivity index (χ1v) is 25.0. The molecule has 0 N–H and O–H groups in total. The third kappa shape index (κ3) is 13.4. The van der Waals surface area contributed by atoms with Crippen LogP contribution in [0.1, 0.15) is 128 Å². The molecular formula is C54H70Cl2SiZr-4. The summed E-state index contributed by atoms with van der Waals surface area (Å²) in [6.45, 7) is 16.7. The van der Waals surface area contributed by atoms with Crippen molar-refractivity contribution in [2.75, 3.05) is 0 Å². The van der Waals surface area contributed by atoms with Crippen LogP contribution in [0.15, 0.2) is 109 Å². The van der Waals surface area contributed by atoms with Gasteiger partial charge in [0.2, 0.25) is 0 Å². The van der Waals surface area contributed by atoms with Crippen molar-refractivity contribution in [1.82, 2.24) is 0 Å². The van der Waals surface area contributed by atoms with Gasteiger partial charge in [-0.15, -0.1) is 93.9 Å². The van der Waals surface area contributed by atoms with Crippen LogP contribution in [0, 0.1) is 26.7 Å². The van der Waals surface area contributed by atoms with Gasteiger partial charge in [-0.2, -0.15) is 12.1 Å². The minimum atomic E-state index is 0. The van der Waals surface area contributed by atoms with Gasteiger partial charge in [0.05, 0.1) is 0 Å². The molecule has 2 aliphatic carbocycles. The van der Waals surface area contributed by atoms with Gasteiger partial charge in [0, 0.05) is 0 Å². The maximum absolute atomic E-state index is 3.06. The first-order valence-electron chi connectivity index (χ1n) is 20.8. The van der Waals surface area contributed by atoms with Crippen LogP contribution in [0.2, 0.25) is 0 Å². The summed E-state index contributed by atoms with van der Waals surface area (Å²) in [5.41, 5.74) is 11.7. The third-order valence-electron chi connectivity index (χ3n) is 12.2. The molecule has 2 fully saturated rings. The molecule has 6 aromatic rings. The van der Waals surface area contributed by atoms with Crippen molar-refractivity contribution in [2.24, 2.45) is 11.8 Å². The van der Waals surface area contributed by atoms with E-state index in [1.165, 1.54) is 166 Å². The van der Waals surface area contributed by atoms with Crippen LogP contribution in [0.25, 0.3) is 43.8 Å². The van der Waals surface area contributed by atoms with E-state index in [4.69, 9.17) is 0 Å². The molecule has 6 aromatic carbocycles. The fourth-order valence-electron chi connectivity index (χ4n) is 9.08. The van der Waals surface area contributed by atoms with Gasteiger partial charge < -0.3 is 14.9 Å². The molecule has 0 nitrogen and oxygen atoms in total. The molecule has 0 bridgehead atoms. The van der Waals surface area contributed by atoms with E-state index in [-0.39, 0.29) is 50.5 Å². The minimum absolute atomic E-state index is 0. The summed E-state index contributed by atoms with van der Waals surface area (Å²) >= 11 is 1.36. The van der Waals surface area contributed by atoms with Gasteiger partial charge in [0.15, 0.2) is 0 Å². The van der Waals surface area contributed by atoms with E-state index in [0.717, 1.165) is 11.8 Å². The van der Waals surface area contributed by atoms with Gasteiger partial charge in [0.25, 0.3) is 0 Å². The van der Waals surface area contributed by atoms with E-state index >= 15 is 0 Å². The fourth-order valence-corrected chi connectivity index (χ4v) is 9.08. The summed E-state index contributed by atoms with van der Waals surface area (Å²) < 4.78 is 0. The van der Waals surface area contributed by atoms with Crippen LogP contribution < -0.4 is 0 Å². The van der Waals surface area contributed by atoms with Gasteiger partial charge in [-0.05, 0) is 57.8 Å². The number of hydrogen-bond donors (Lipinski definition) is 0. The van der Waals surface area contributed by atoms with Crippen molar-refractivity contribution in [3.8, 4) is 22.3 Å². The van der Waals surface area contributed by atoms with Crippen molar-refractivity contribution in [2.45, 2.75) is 129 Å². The van der Waals surface area contributed by atoms with Gasteiger partial charge in [0.1, 0.15) is 0 Å². The number of fused-ring (bicyclic) bond motifs is 2. The fraction of sp³-hybridized carbons (Fsp3) is 0.407. The summed E-state index contributed by atoms with van der Waals surface area (Å²) in [6, 6.07) is 41.6. The molecule has 4 heteroatoms. The van der Waals surface area contributed by atoms with E-state index in [0.29, 0.717) is 0 Å². The zero-order valence-corrected chi connectivity index (χ0v) is 41.9. The molecule has 0 aromatic heterocycles. The quantitative estimate of drug-likeness (QED) is 0.115. The molecule has 58 heavy (non-hydrogen) atoms. The molecule has 2 aliphatic rings. The van der Waals surface area contributed by atoms with E-state index in [1.807, 2.05) is 0 Å². The van der Waals surface area contributed by atoms with Gasteiger partial charge in [-0.3, -0.25) is 0 Å². The first kappa shape index (κ1) is 51.9. The molecule has 0 saturated heterocycles. The molecule has 2 radical (unpaired) electrons. The SMILES string of the molecule is CC(C)(C)c1ccc(-c2cccc3[cH-]c(CC4CCCCC4)cc23)cc1.CC(C)(C)c1ccc(-c2cccc3[cH-]c(CC4CCCCC4)cc23)cc1.Cl.Cl.[CH3-].[CH3-].[Si]=[Zr]. The Balaban J connectivity index is 0.000000360. The molecule has 8 rings (SSSR count). The van der Waals surface area contributed by atoms with Crippen molar-refractivity contribution < 1.29 is 23.3 Å². The maximum atomic E-state index is 3.06. The first-order chi connectivity index (χ1) is 26.0. The molecular weight excluding hydrogens is 839 g/mol. The van der Waals surface area contributed by atoms with Crippen LogP contribution in [0.3, 0.4) is 0 Å². The van der Waals surface area contributed by atoms with E-state index in [9.17, 15) is 0 Å². The molecule has 312 valence electrons. The number of rotatable bonds is 6. The average molecular weight is 909 g/mol. The van der Waals surface area contributed by atoms with Crippen molar-refractivity contribution >= 4 is 53.2 Å². The summed E-state index contributed by atoms with van der Waals surface area (Å²) in [4.78, 5) is 0. The van der Waals surface area contributed by atoms with Crippen LogP contribution in [0.4, 0.5) is 0 Å². The Morgan fingerprint density at radius 1 is 0.500 bits per heavy atom. The topological polar surface area (TPSA) is 0 Å². The molecule has 2 saturated carbocycles. The van der Waals surface area contributed by atoms with Crippen LogP contribution in [0.5, 0.6) is 0 Å². The van der Waals surface area contributed by atoms with E-state index in [2.05, 4.69) is 158 Å². The zero-order valence-electron chi connectivity index (χ0n) is 36.8. The van der Waals surface area contributed by atoms with Crippen LogP contribution in [-0.2, 0) is 47.0 Å². The number of hydrogen-bond acceptors (Lipinski definition) is 0. The monoisotopic (exact) mass is 906 g/mol. The number of benzene rings is 4. The van der Waals surface area contributed by atoms with Crippen LogP contribution >= 0.6 is 24.8 Å². The Morgan fingerprint density at radius 2 is 0.828 bits per heavy atom. The summed E-state index contributed by atoms with van der Waals surface area (Å²) in [5, 5.41) is 5.63. The molecule has 0 aliphatic heterocycles. The van der Waals surface area contributed by atoms with E-state index in [1.54, 1.807) is 0 Å². The standard InChI is InChI=1S/2C26H31.2CH3.2ClH.Si.Zr/c2*1-26(2,3)23-14-12-21(13-15-23)24-11-7-10-22-17-20(18-25(22)24)16-19-8-5-4-6-9-19;;;;;;/h2*7,10-15,17-19H,4-6,8-9,16H2,1-3H3;2*1H3;2*1H;;/q4*-1;;;;.